The number of likely N-dealkylation sites (tertiary alicyclic amines) is 1. The summed E-state index contributed by atoms with van der Waals surface area (Å²) in [5, 5.41) is 3.08. The number of carbonyl (C=O) groups excluding carboxylic acids is 1. The number of nitrogens with zero attached hydrogens (tertiary/aromatic N) is 2. The number of likely N-dealkylation sites (N-methyl/N-ethyl adjacent to an activating group) is 1. The highest BCUT2D eigenvalue weighted by Gasteiger charge is 2.23. The van der Waals surface area contributed by atoms with Gasteiger partial charge in [0.2, 0.25) is 15.9 Å². The van der Waals surface area contributed by atoms with E-state index in [1.165, 1.54) is 17.8 Å². The minimum absolute atomic E-state index is 0.0783. The van der Waals surface area contributed by atoms with Crippen LogP contribution < -0.4 is 5.32 Å². The predicted molar refractivity (Wildman–Crippen MR) is 100.0 cm³/mol. The molecule has 1 aromatic carbocycles. The molecule has 0 saturated carbocycles. The summed E-state index contributed by atoms with van der Waals surface area (Å²) in [4.78, 5) is 14.5. The quantitative estimate of drug-likeness (QED) is 0.753. The SMILES string of the molecule is C=CCN(C)S(=O)(=O)c1ccc(NCC(=O)N2CCCCC2C)cc1. The number of hydrogen-bond acceptors (Lipinski definition) is 4. The first-order valence-electron chi connectivity index (χ1n) is 8.57. The van der Waals surface area contributed by atoms with Gasteiger partial charge < -0.3 is 10.2 Å². The Kier molecular flexibility index (Phi) is 6.61. The second kappa shape index (κ2) is 8.49. The maximum Gasteiger partial charge on any atom is 0.243 e. The Labute approximate surface area is 150 Å². The average molecular weight is 365 g/mol. The molecule has 138 valence electrons. The molecule has 1 aliphatic heterocycles. The maximum atomic E-state index is 12.3. The second-order valence-corrected chi connectivity index (χ2v) is 8.43. The van der Waals surface area contributed by atoms with Crippen molar-refractivity contribution in [1.29, 1.82) is 0 Å². The van der Waals surface area contributed by atoms with Gasteiger partial charge in [0.15, 0.2) is 0 Å². The van der Waals surface area contributed by atoms with Crippen LogP contribution in [-0.4, -0.2) is 56.3 Å². The summed E-state index contributed by atoms with van der Waals surface area (Å²) in [6, 6.07) is 6.75. The molecule has 1 unspecified atom stereocenters. The third-order valence-corrected chi connectivity index (χ3v) is 6.35. The number of hydrogen-bond donors (Lipinski definition) is 1. The monoisotopic (exact) mass is 365 g/mol. The molecule has 0 aromatic heterocycles. The molecule has 25 heavy (non-hydrogen) atoms. The number of benzene rings is 1. The molecule has 1 heterocycles. The van der Waals surface area contributed by atoms with Gasteiger partial charge in [0.25, 0.3) is 0 Å². The van der Waals surface area contributed by atoms with Crippen molar-refractivity contribution in [3.05, 3.63) is 36.9 Å². The van der Waals surface area contributed by atoms with E-state index in [1.807, 2.05) is 4.90 Å². The summed E-state index contributed by atoms with van der Waals surface area (Å²) in [6.07, 6.45) is 4.83. The maximum absolute atomic E-state index is 12.3. The van der Waals surface area contributed by atoms with E-state index in [9.17, 15) is 13.2 Å². The third-order valence-electron chi connectivity index (χ3n) is 4.52. The first-order chi connectivity index (χ1) is 11.9. The van der Waals surface area contributed by atoms with Crippen LogP contribution in [0, 0.1) is 0 Å². The number of rotatable bonds is 7. The Hall–Kier alpha value is -1.86. The highest BCUT2D eigenvalue weighted by molar-refractivity contribution is 7.89. The van der Waals surface area contributed by atoms with Crippen LogP contribution in [0.25, 0.3) is 0 Å². The van der Waals surface area contributed by atoms with Crippen molar-refractivity contribution in [2.45, 2.75) is 37.1 Å². The molecule has 0 spiro atoms. The van der Waals surface area contributed by atoms with E-state index in [0.29, 0.717) is 0 Å². The summed E-state index contributed by atoms with van der Waals surface area (Å²) in [7, 11) is -2.00. The van der Waals surface area contributed by atoms with Crippen LogP contribution in [0.4, 0.5) is 5.69 Å². The lowest BCUT2D eigenvalue weighted by atomic mass is 10.0. The van der Waals surface area contributed by atoms with Gasteiger partial charge in [-0.3, -0.25) is 4.79 Å². The van der Waals surface area contributed by atoms with E-state index in [0.717, 1.165) is 25.1 Å². The second-order valence-electron chi connectivity index (χ2n) is 6.38. The molecular formula is C18H27N3O3S. The summed E-state index contributed by atoms with van der Waals surface area (Å²) in [6.45, 7) is 6.92. The number of sulfonamides is 1. The van der Waals surface area contributed by atoms with Crippen molar-refractivity contribution in [3.8, 4) is 0 Å². The Morgan fingerprint density at radius 1 is 1.36 bits per heavy atom. The van der Waals surface area contributed by atoms with Crippen LogP contribution in [0.5, 0.6) is 0 Å². The van der Waals surface area contributed by atoms with Crippen LogP contribution >= 0.6 is 0 Å². The number of amides is 1. The van der Waals surface area contributed by atoms with Gasteiger partial charge in [-0.05, 0) is 50.5 Å². The van der Waals surface area contributed by atoms with Crippen molar-refractivity contribution < 1.29 is 13.2 Å². The predicted octanol–water partition coefficient (Wildman–Crippen LogP) is 2.31. The Bertz CT molecular complexity index is 701. The highest BCUT2D eigenvalue weighted by atomic mass is 32.2. The van der Waals surface area contributed by atoms with Crippen molar-refractivity contribution in [2.24, 2.45) is 0 Å². The number of anilines is 1. The van der Waals surface area contributed by atoms with E-state index >= 15 is 0 Å². The molecule has 7 heteroatoms. The Morgan fingerprint density at radius 3 is 2.64 bits per heavy atom. The van der Waals surface area contributed by atoms with Crippen molar-refractivity contribution in [1.82, 2.24) is 9.21 Å². The molecule has 1 saturated heterocycles. The van der Waals surface area contributed by atoms with Crippen LogP contribution in [0.15, 0.2) is 41.8 Å². The largest absolute Gasteiger partial charge is 0.376 e. The molecule has 1 atom stereocenters. The van der Waals surface area contributed by atoms with Gasteiger partial charge in [-0.1, -0.05) is 6.08 Å². The number of nitrogens with one attached hydrogen (secondary N) is 1. The topological polar surface area (TPSA) is 69.7 Å². The lowest BCUT2D eigenvalue weighted by molar-refractivity contribution is -0.132. The van der Waals surface area contributed by atoms with Crippen molar-refractivity contribution in [3.63, 3.8) is 0 Å². The van der Waals surface area contributed by atoms with E-state index in [-0.39, 0.29) is 29.9 Å². The Morgan fingerprint density at radius 2 is 2.04 bits per heavy atom. The van der Waals surface area contributed by atoms with E-state index in [2.05, 4.69) is 18.8 Å². The molecule has 1 N–H and O–H groups in total. The summed E-state index contributed by atoms with van der Waals surface area (Å²) in [5.41, 5.74) is 0.725. The zero-order chi connectivity index (χ0) is 18.4. The van der Waals surface area contributed by atoms with E-state index < -0.39 is 10.0 Å². The average Bonchev–Trinajstić information content (AvgIpc) is 2.60. The zero-order valence-electron chi connectivity index (χ0n) is 14.9. The molecule has 1 aliphatic rings. The van der Waals surface area contributed by atoms with E-state index in [4.69, 9.17) is 0 Å². The van der Waals surface area contributed by atoms with Crippen molar-refractivity contribution in [2.75, 3.05) is 32.0 Å². The van der Waals surface area contributed by atoms with E-state index in [1.54, 1.807) is 30.3 Å². The smallest absolute Gasteiger partial charge is 0.243 e. The fraction of sp³-hybridized carbons (Fsp3) is 0.500. The summed E-state index contributed by atoms with van der Waals surface area (Å²) < 4.78 is 25.9. The van der Waals surface area contributed by atoms with Gasteiger partial charge in [0.05, 0.1) is 11.4 Å². The molecule has 1 aromatic rings. The molecule has 1 amide bonds. The summed E-state index contributed by atoms with van der Waals surface area (Å²) in [5.74, 6) is 0.0783. The van der Waals surface area contributed by atoms with Crippen molar-refractivity contribution >= 4 is 21.6 Å². The summed E-state index contributed by atoms with van der Waals surface area (Å²) >= 11 is 0. The van der Waals surface area contributed by atoms with Gasteiger partial charge in [-0.15, -0.1) is 6.58 Å². The number of carbonyl (C=O) groups is 1. The fourth-order valence-corrected chi connectivity index (χ4v) is 4.09. The van der Waals surface area contributed by atoms with Gasteiger partial charge in [-0.2, -0.15) is 4.31 Å². The van der Waals surface area contributed by atoms with Gasteiger partial charge >= 0.3 is 0 Å². The molecular weight excluding hydrogens is 338 g/mol. The highest BCUT2D eigenvalue weighted by Crippen LogP contribution is 2.19. The third kappa shape index (κ3) is 4.83. The standard InChI is InChI=1S/C18H27N3O3S/c1-4-12-20(3)25(23,24)17-10-8-16(9-11-17)19-14-18(22)21-13-6-5-7-15(21)2/h4,8-11,15,19H,1,5-7,12-14H2,2-3H3. The minimum Gasteiger partial charge on any atom is -0.376 e. The zero-order valence-corrected chi connectivity index (χ0v) is 15.8. The van der Waals surface area contributed by atoms with Gasteiger partial charge in [0, 0.05) is 31.9 Å². The fourth-order valence-electron chi connectivity index (χ4n) is 2.95. The first-order valence-corrected chi connectivity index (χ1v) is 10.0. The first kappa shape index (κ1) is 19.5. The lowest BCUT2D eigenvalue weighted by Crippen LogP contribution is -2.44. The van der Waals surface area contributed by atoms with Gasteiger partial charge in [0.1, 0.15) is 0 Å². The van der Waals surface area contributed by atoms with Crippen LogP contribution in [0.3, 0.4) is 0 Å². The van der Waals surface area contributed by atoms with Crippen LogP contribution in [-0.2, 0) is 14.8 Å². The minimum atomic E-state index is -3.51. The van der Waals surface area contributed by atoms with Crippen LogP contribution in [0.2, 0.25) is 0 Å². The molecule has 6 nitrogen and oxygen atoms in total. The normalized spacial score (nSPS) is 18.2. The molecule has 0 aliphatic carbocycles. The van der Waals surface area contributed by atoms with Crippen LogP contribution in [0.1, 0.15) is 26.2 Å². The molecule has 2 rings (SSSR count). The lowest BCUT2D eigenvalue weighted by Gasteiger charge is -2.33. The Balaban J connectivity index is 1.96. The van der Waals surface area contributed by atoms with Gasteiger partial charge in [-0.25, -0.2) is 8.42 Å². The molecule has 0 radical (unpaired) electrons. The number of piperidine rings is 1. The molecule has 1 fully saturated rings. The molecule has 0 bridgehead atoms.